The van der Waals surface area contributed by atoms with Crippen LogP contribution in [0.25, 0.3) is 0 Å². The summed E-state index contributed by atoms with van der Waals surface area (Å²) in [6, 6.07) is 14.6. The zero-order valence-corrected chi connectivity index (χ0v) is 15.2. The van der Waals surface area contributed by atoms with E-state index >= 15 is 0 Å². The van der Waals surface area contributed by atoms with E-state index in [9.17, 15) is 18.3 Å². The van der Waals surface area contributed by atoms with Crippen molar-refractivity contribution >= 4 is 33.3 Å². The van der Waals surface area contributed by atoms with Crippen LogP contribution in [0.2, 0.25) is 5.02 Å². The maximum atomic E-state index is 12.6. The van der Waals surface area contributed by atoms with Crippen molar-refractivity contribution < 1.29 is 23.1 Å². The lowest BCUT2D eigenvalue weighted by molar-refractivity contribution is 0.0694. The molecule has 9 heteroatoms. The average Bonchev–Trinajstić information content (AvgIpc) is 2.64. The highest BCUT2D eigenvalue weighted by Gasteiger charge is 2.19. The van der Waals surface area contributed by atoms with Gasteiger partial charge in [0, 0.05) is 11.2 Å². The number of aromatic carboxylic acids is 1. The van der Waals surface area contributed by atoms with Crippen LogP contribution in [-0.2, 0) is 10.0 Å². The number of rotatable bonds is 6. The molecule has 2 aromatic carbocycles. The zero-order valence-electron chi connectivity index (χ0n) is 13.7. The van der Waals surface area contributed by atoms with E-state index in [0.29, 0.717) is 5.02 Å². The van der Waals surface area contributed by atoms with E-state index in [2.05, 4.69) is 9.71 Å². The van der Waals surface area contributed by atoms with Gasteiger partial charge in [0.2, 0.25) is 5.88 Å². The van der Waals surface area contributed by atoms with Gasteiger partial charge in [-0.15, -0.1) is 0 Å². The van der Waals surface area contributed by atoms with Gasteiger partial charge >= 0.3 is 5.97 Å². The largest absolute Gasteiger partial charge is 0.478 e. The van der Waals surface area contributed by atoms with Gasteiger partial charge in [-0.2, -0.15) is 0 Å². The third kappa shape index (κ3) is 4.36. The van der Waals surface area contributed by atoms with E-state index in [1.165, 1.54) is 54.7 Å². The van der Waals surface area contributed by atoms with Crippen molar-refractivity contribution in [1.29, 1.82) is 0 Å². The first-order chi connectivity index (χ1) is 12.9. The first-order valence-corrected chi connectivity index (χ1v) is 9.46. The van der Waals surface area contributed by atoms with E-state index in [0.717, 1.165) is 0 Å². The van der Waals surface area contributed by atoms with E-state index in [-0.39, 0.29) is 27.8 Å². The minimum Gasteiger partial charge on any atom is -0.478 e. The summed E-state index contributed by atoms with van der Waals surface area (Å²) in [5, 5.41) is 9.65. The summed E-state index contributed by atoms with van der Waals surface area (Å²) >= 11 is 5.78. The molecular formula is C18H13ClN2O5S. The van der Waals surface area contributed by atoms with Crippen LogP contribution in [0.4, 0.5) is 5.69 Å². The summed E-state index contributed by atoms with van der Waals surface area (Å²) in [6.07, 6.45) is 1.40. The summed E-state index contributed by atoms with van der Waals surface area (Å²) in [5.74, 6) is -1.22. The normalized spacial score (nSPS) is 11.0. The zero-order chi connectivity index (χ0) is 19.4. The van der Waals surface area contributed by atoms with Crippen LogP contribution in [0.5, 0.6) is 11.6 Å². The number of benzene rings is 2. The topological polar surface area (TPSA) is 106 Å². The second-order valence-electron chi connectivity index (χ2n) is 5.32. The number of halogens is 1. The lowest BCUT2D eigenvalue weighted by Gasteiger charge is -2.13. The predicted octanol–water partition coefficient (Wildman–Crippen LogP) is 4.03. The molecule has 1 heterocycles. The van der Waals surface area contributed by atoms with Crippen LogP contribution in [0.15, 0.2) is 71.8 Å². The lowest BCUT2D eigenvalue weighted by atomic mass is 10.2. The summed E-state index contributed by atoms with van der Waals surface area (Å²) in [7, 11) is -3.92. The molecule has 3 aromatic rings. The van der Waals surface area contributed by atoms with Crippen LogP contribution in [0.3, 0.4) is 0 Å². The molecule has 0 atom stereocenters. The summed E-state index contributed by atoms with van der Waals surface area (Å²) in [5.41, 5.74) is -0.0118. The first kappa shape index (κ1) is 18.7. The molecule has 27 heavy (non-hydrogen) atoms. The molecule has 0 aliphatic heterocycles. The number of carbonyl (C=O) groups is 1. The number of sulfonamides is 1. The van der Waals surface area contributed by atoms with Gasteiger partial charge in [-0.1, -0.05) is 23.7 Å². The lowest BCUT2D eigenvalue weighted by Crippen LogP contribution is -2.14. The van der Waals surface area contributed by atoms with Crippen LogP contribution < -0.4 is 9.46 Å². The molecule has 0 aliphatic rings. The molecule has 0 amide bonds. The fourth-order valence-corrected chi connectivity index (χ4v) is 3.39. The van der Waals surface area contributed by atoms with Crippen LogP contribution in [0.1, 0.15) is 10.4 Å². The predicted molar refractivity (Wildman–Crippen MR) is 100.0 cm³/mol. The number of pyridine rings is 1. The molecule has 138 valence electrons. The molecule has 0 unspecified atom stereocenters. The van der Waals surface area contributed by atoms with Gasteiger partial charge < -0.3 is 9.84 Å². The summed E-state index contributed by atoms with van der Waals surface area (Å²) in [4.78, 5) is 15.3. The fourth-order valence-electron chi connectivity index (χ4n) is 2.20. The number of hydrogen-bond donors (Lipinski definition) is 2. The van der Waals surface area contributed by atoms with E-state index in [1.54, 1.807) is 12.1 Å². The highest BCUT2D eigenvalue weighted by Crippen LogP contribution is 2.30. The van der Waals surface area contributed by atoms with E-state index < -0.39 is 16.0 Å². The first-order valence-electron chi connectivity index (χ1n) is 7.60. The Balaban J connectivity index is 1.93. The Kier molecular flexibility index (Phi) is 5.29. The molecular weight excluding hydrogens is 392 g/mol. The third-order valence-electron chi connectivity index (χ3n) is 3.46. The molecule has 7 nitrogen and oxygen atoms in total. The number of carboxylic acid groups (broad SMARTS) is 1. The molecule has 0 saturated carbocycles. The van der Waals surface area contributed by atoms with Crippen molar-refractivity contribution in [2.75, 3.05) is 4.72 Å². The van der Waals surface area contributed by atoms with Crippen molar-refractivity contribution in [3.8, 4) is 11.6 Å². The van der Waals surface area contributed by atoms with Crippen LogP contribution in [-0.4, -0.2) is 24.5 Å². The van der Waals surface area contributed by atoms with Crippen LogP contribution >= 0.6 is 11.6 Å². The minimum atomic E-state index is -3.92. The molecule has 2 N–H and O–H groups in total. The number of para-hydroxylation sites is 1. The Morgan fingerprint density at radius 2 is 1.74 bits per heavy atom. The van der Waals surface area contributed by atoms with Gasteiger partial charge in [0.05, 0.1) is 4.90 Å². The van der Waals surface area contributed by atoms with Gasteiger partial charge in [0.1, 0.15) is 17.0 Å². The number of carboxylic acids is 1. The van der Waals surface area contributed by atoms with Crippen molar-refractivity contribution in [3.63, 3.8) is 0 Å². The minimum absolute atomic E-state index is 0.00707. The fraction of sp³-hybridized carbons (Fsp3) is 0. The number of aromatic nitrogens is 1. The Bertz CT molecular complexity index is 1080. The number of anilines is 1. The average molecular weight is 405 g/mol. The maximum absolute atomic E-state index is 12.6. The second-order valence-corrected chi connectivity index (χ2v) is 7.44. The van der Waals surface area contributed by atoms with Crippen molar-refractivity contribution in [3.05, 3.63) is 77.4 Å². The molecule has 0 spiro atoms. The van der Waals surface area contributed by atoms with E-state index in [1.807, 2.05) is 0 Å². The molecule has 0 saturated heterocycles. The van der Waals surface area contributed by atoms with Gasteiger partial charge in [0.15, 0.2) is 0 Å². The molecule has 0 bridgehead atoms. The Hall–Kier alpha value is -3.10. The van der Waals surface area contributed by atoms with Crippen molar-refractivity contribution in [2.45, 2.75) is 4.90 Å². The highest BCUT2D eigenvalue weighted by molar-refractivity contribution is 7.92. The van der Waals surface area contributed by atoms with Gasteiger partial charge in [-0.05, 0) is 48.5 Å². The molecule has 0 fully saturated rings. The Morgan fingerprint density at radius 3 is 2.44 bits per heavy atom. The number of nitrogens with one attached hydrogen (secondary N) is 1. The summed E-state index contributed by atoms with van der Waals surface area (Å²) in [6.45, 7) is 0. The quantitative estimate of drug-likeness (QED) is 0.642. The number of ether oxygens (including phenoxy) is 1. The third-order valence-corrected chi connectivity index (χ3v) is 5.10. The Labute approximate surface area is 160 Å². The van der Waals surface area contributed by atoms with Gasteiger partial charge in [0.25, 0.3) is 10.0 Å². The SMILES string of the molecule is O=C(O)c1ccccc1Oc1ncccc1NS(=O)(=O)c1ccc(Cl)cc1. The summed E-state index contributed by atoms with van der Waals surface area (Å²) < 4.78 is 33.1. The van der Waals surface area contributed by atoms with Crippen LogP contribution in [0, 0.1) is 0 Å². The molecule has 0 radical (unpaired) electrons. The van der Waals surface area contributed by atoms with Crippen molar-refractivity contribution in [1.82, 2.24) is 4.98 Å². The number of nitrogens with zero attached hydrogens (tertiary/aromatic N) is 1. The highest BCUT2D eigenvalue weighted by atomic mass is 35.5. The molecule has 1 aromatic heterocycles. The van der Waals surface area contributed by atoms with Crippen molar-refractivity contribution in [2.24, 2.45) is 0 Å². The standard InChI is InChI=1S/C18H13ClN2O5S/c19-12-7-9-13(10-8-12)27(24,25)21-15-5-3-11-20-17(15)26-16-6-2-1-4-14(16)18(22)23/h1-11,21H,(H,22,23). The maximum Gasteiger partial charge on any atom is 0.339 e. The van der Waals surface area contributed by atoms with Gasteiger partial charge in [-0.3, -0.25) is 4.72 Å². The molecule has 3 rings (SSSR count). The Morgan fingerprint density at radius 1 is 1.04 bits per heavy atom. The smallest absolute Gasteiger partial charge is 0.339 e. The van der Waals surface area contributed by atoms with E-state index in [4.69, 9.17) is 16.3 Å². The molecule has 0 aliphatic carbocycles. The second kappa shape index (κ2) is 7.65. The number of hydrogen-bond acceptors (Lipinski definition) is 5. The van der Waals surface area contributed by atoms with Gasteiger partial charge in [-0.25, -0.2) is 18.2 Å². The monoisotopic (exact) mass is 404 g/mol.